The van der Waals surface area contributed by atoms with Gasteiger partial charge < -0.3 is 5.73 Å². The number of rotatable bonds is 7. The molecular formula is C22H27N3O. The lowest BCUT2D eigenvalue weighted by Crippen LogP contribution is -2.36. The van der Waals surface area contributed by atoms with Gasteiger partial charge in [-0.15, -0.1) is 0 Å². The molecule has 4 heteroatoms. The van der Waals surface area contributed by atoms with Gasteiger partial charge in [-0.3, -0.25) is 15.1 Å². The van der Waals surface area contributed by atoms with Crippen molar-refractivity contribution in [2.24, 2.45) is 11.7 Å². The molecule has 3 N–H and O–H groups in total. The summed E-state index contributed by atoms with van der Waals surface area (Å²) in [5.41, 5.74) is 8.66. The van der Waals surface area contributed by atoms with E-state index in [-0.39, 0.29) is 11.8 Å². The molecule has 1 saturated heterocycles. The minimum atomic E-state index is 0.0786. The van der Waals surface area contributed by atoms with Gasteiger partial charge in [0.1, 0.15) is 11.6 Å². The van der Waals surface area contributed by atoms with Crippen molar-refractivity contribution in [3.63, 3.8) is 0 Å². The standard InChI is InChI=1S/C22H27N3O/c23-22(24)20-9-6-17(7-10-20)8-11-21(26)19-12-14-25(15-13-19)16-18-4-2-1-3-5-18/h1-7,9-10,19H,8,11-16H2,(H3,23,24). The summed E-state index contributed by atoms with van der Waals surface area (Å²) in [6.07, 6.45) is 3.30. The molecule has 0 aromatic heterocycles. The highest BCUT2D eigenvalue weighted by Gasteiger charge is 2.24. The number of Topliss-reactive ketones (excluding diaryl/α,β-unsaturated/α-hetero) is 1. The predicted molar refractivity (Wildman–Crippen MR) is 105 cm³/mol. The number of hydrogen-bond donors (Lipinski definition) is 2. The third kappa shape index (κ3) is 5.02. The zero-order valence-electron chi connectivity index (χ0n) is 15.2. The number of benzene rings is 2. The van der Waals surface area contributed by atoms with Gasteiger partial charge in [-0.05, 0) is 43.5 Å². The quantitative estimate of drug-likeness (QED) is 0.595. The van der Waals surface area contributed by atoms with E-state index in [1.54, 1.807) is 0 Å². The van der Waals surface area contributed by atoms with E-state index >= 15 is 0 Å². The van der Waals surface area contributed by atoms with Crippen LogP contribution in [0.5, 0.6) is 0 Å². The lowest BCUT2D eigenvalue weighted by atomic mass is 9.89. The molecule has 26 heavy (non-hydrogen) atoms. The highest BCUT2D eigenvalue weighted by molar-refractivity contribution is 5.94. The fourth-order valence-corrected chi connectivity index (χ4v) is 3.58. The Morgan fingerprint density at radius 1 is 1.00 bits per heavy atom. The Hall–Kier alpha value is -2.46. The van der Waals surface area contributed by atoms with Crippen LogP contribution in [0.25, 0.3) is 0 Å². The fourth-order valence-electron chi connectivity index (χ4n) is 3.58. The Morgan fingerprint density at radius 3 is 2.27 bits per heavy atom. The molecule has 0 radical (unpaired) electrons. The number of ketones is 1. The average molecular weight is 349 g/mol. The molecule has 1 aliphatic heterocycles. The highest BCUT2D eigenvalue weighted by atomic mass is 16.1. The van der Waals surface area contributed by atoms with Crippen molar-refractivity contribution < 1.29 is 4.79 Å². The molecule has 0 spiro atoms. The van der Waals surface area contributed by atoms with Crippen molar-refractivity contribution in [2.45, 2.75) is 32.2 Å². The fraction of sp³-hybridized carbons (Fsp3) is 0.364. The number of nitrogens with zero attached hydrogens (tertiary/aromatic N) is 1. The summed E-state index contributed by atoms with van der Waals surface area (Å²) in [6.45, 7) is 2.97. The Balaban J connectivity index is 1.42. The predicted octanol–water partition coefficient (Wildman–Crippen LogP) is 3.38. The molecule has 0 atom stereocenters. The molecule has 136 valence electrons. The molecule has 1 fully saturated rings. The number of nitrogen functional groups attached to an aromatic ring is 1. The minimum absolute atomic E-state index is 0.0786. The smallest absolute Gasteiger partial charge is 0.136 e. The second-order valence-electron chi connectivity index (χ2n) is 7.11. The highest BCUT2D eigenvalue weighted by Crippen LogP contribution is 2.22. The first-order chi connectivity index (χ1) is 12.6. The lowest BCUT2D eigenvalue weighted by Gasteiger charge is -2.31. The zero-order valence-corrected chi connectivity index (χ0v) is 15.2. The summed E-state index contributed by atoms with van der Waals surface area (Å²) >= 11 is 0. The first-order valence-electron chi connectivity index (χ1n) is 9.34. The summed E-state index contributed by atoms with van der Waals surface area (Å²) in [4.78, 5) is 15.0. The van der Waals surface area contributed by atoms with Gasteiger partial charge in [0.05, 0.1) is 0 Å². The van der Waals surface area contributed by atoms with Crippen molar-refractivity contribution in [2.75, 3.05) is 13.1 Å². The van der Waals surface area contributed by atoms with Crippen molar-refractivity contribution >= 4 is 11.6 Å². The van der Waals surface area contributed by atoms with Gasteiger partial charge in [0, 0.05) is 24.4 Å². The maximum absolute atomic E-state index is 12.5. The molecule has 0 unspecified atom stereocenters. The lowest BCUT2D eigenvalue weighted by molar-refractivity contribution is -0.124. The number of hydrogen-bond acceptors (Lipinski definition) is 3. The van der Waals surface area contributed by atoms with Crippen LogP contribution >= 0.6 is 0 Å². The van der Waals surface area contributed by atoms with E-state index in [4.69, 9.17) is 11.1 Å². The number of carbonyl (C=O) groups excluding carboxylic acids is 1. The number of nitrogens with one attached hydrogen (secondary N) is 1. The van der Waals surface area contributed by atoms with E-state index in [1.165, 1.54) is 5.56 Å². The maximum atomic E-state index is 12.5. The second kappa shape index (κ2) is 8.77. The van der Waals surface area contributed by atoms with Crippen LogP contribution in [-0.4, -0.2) is 29.6 Å². The molecule has 1 heterocycles. The van der Waals surface area contributed by atoms with Crippen LogP contribution in [0.15, 0.2) is 54.6 Å². The summed E-state index contributed by atoms with van der Waals surface area (Å²) < 4.78 is 0. The third-order valence-corrected chi connectivity index (χ3v) is 5.22. The zero-order chi connectivity index (χ0) is 18.4. The summed E-state index contributed by atoms with van der Waals surface area (Å²) in [5, 5.41) is 7.42. The number of nitrogens with two attached hydrogens (primary N) is 1. The molecule has 0 bridgehead atoms. The van der Waals surface area contributed by atoms with E-state index in [0.29, 0.717) is 12.2 Å². The molecule has 3 rings (SSSR count). The minimum Gasteiger partial charge on any atom is -0.384 e. The molecule has 0 saturated carbocycles. The SMILES string of the molecule is N=C(N)c1ccc(CCC(=O)C2CCN(Cc3ccccc3)CC2)cc1. The normalized spacial score (nSPS) is 15.7. The molecule has 2 aromatic carbocycles. The molecule has 1 aliphatic rings. The number of piperidine rings is 1. The van der Waals surface area contributed by atoms with E-state index in [2.05, 4.69) is 29.2 Å². The third-order valence-electron chi connectivity index (χ3n) is 5.22. The van der Waals surface area contributed by atoms with E-state index in [0.717, 1.165) is 50.0 Å². The Morgan fingerprint density at radius 2 is 1.65 bits per heavy atom. The Labute approximate surface area is 155 Å². The molecular weight excluding hydrogens is 322 g/mol. The average Bonchev–Trinajstić information content (AvgIpc) is 2.68. The number of aryl methyl sites for hydroxylation is 1. The van der Waals surface area contributed by atoms with Gasteiger partial charge in [-0.1, -0.05) is 54.6 Å². The van der Waals surface area contributed by atoms with Crippen molar-refractivity contribution in [3.8, 4) is 0 Å². The van der Waals surface area contributed by atoms with E-state index < -0.39 is 0 Å². The van der Waals surface area contributed by atoms with Gasteiger partial charge in [-0.25, -0.2) is 0 Å². The first-order valence-corrected chi connectivity index (χ1v) is 9.34. The summed E-state index contributed by atoms with van der Waals surface area (Å²) in [5.74, 6) is 0.674. The van der Waals surface area contributed by atoms with Crippen LogP contribution in [-0.2, 0) is 17.8 Å². The van der Waals surface area contributed by atoms with Crippen LogP contribution in [0.4, 0.5) is 0 Å². The number of amidine groups is 1. The second-order valence-corrected chi connectivity index (χ2v) is 7.11. The van der Waals surface area contributed by atoms with Gasteiger partial charge in [0.2, 0.25) is 0 Å². The topological polar surface area (TPSA) is 70.2 Å². The van der Waals surface area contributed by atoms with Crippen molar-refractivity contribution in [1.29, 1.82) is 5.41 Å². The Kier molecular flexibility index (Phi) is 6.18. The van der Waals surface area contributed by atoms with Crippen molar-refractivity contribution in [1.82, 2.24) is 4.90 Å². The molecule has 0 amide bonds. The summed E-state index contributed by atoms with van der Waals surface area (Å²) in [7, 11) is 0. The van der Waals surface area contributed by atoms with Crippen LogP contribution in [0.2, 0.25) is 0 Å². The first kappa shape index (κ1) is 18.3. The van der Waals surface area contributed by atoms with Crippen LogP contribution in [0.1, 0.15) is 36.0 Å². The van der Waals surface area contributed by atoms with Gasteiger partial charge >= 0.3 is 0 Å². The largest absolute Gasteiger partial charge is 0.384 e. The van der Waals surface area contributed by atoms with Gasteiger partial charge in [0.15, 0.2) is 0 Å². The van der Waals surface area contributed by atoms with Gasteiger partial charge in [-0.2, -0.15) is 0 Å². The summed E-state index contributed by atoms with van der Waals surface area (Å²) in [6, 6.07) is 18.2. The van der Waals surface area contributed by atoms with Crippen LogP contribution < -0.4 is 5.73 Å². The van der Waals surface area contributed by atoms with Crippen LogP contribution in [0.3, 0.4) is 0 Å². The van der Waals surface area contributed by atoms with E-state index in [9.17, 15) is 4.79 Å². The van der Waals surface area contributed by atoms with Gasteiger partial charge in [0.25, 0.3) is 0 Å². The molecule has 4 nitrogen and oxygen atoms in total. The Bertz CT molecular complexity index is 732. The molecule has 2 aromatic rings. The maximum Gasteiger partial charge on any atom is 0.136 e. The van der Waals surface area contributed by atoms with E-state index in [1.807, 2.05) is 30.3 Å². The molecule has 0 aliphatic carbocycles. The van der Waals surface area contributed by atoms with Crippen LogP contribution in [0, 0.1) is 11.3 Å². The van der Waals surface area contributed by atoms with Crippen molar-refractivity contribution in [3.05, 3.63) is 71.3 Å². The number of carbonyl (C=O) groups is 1. The monoisotopic (exact) mass is 349 g/mol. The number of likely N-dealkylation sites (tertiary alicyclic amines) is 1.